The summed E-state index contributed by atoms with van der Waals surface area (Å²) in [4.78, 5) is 4.37. The molecule has 15 heavy (non-hydrogen) atoms. The minimum Gasteiger partial charge on any atom is -0.381 e. The highest BCUT2D eigenvalue weighted by molar-refractivity contribution is 4.97. The van der Waals surface area contributed by atoms with Crippen LogP contribution in [0.4, 0.5) is 0 Å². The Morgan fingerprint density at radius 3 is 3.13 bits per heavy atom. The van der Waals surface area contributed by atoms with Crippen LogP contribution in [0.1, 0.15) is 31.0 Å². The lowest BCUT2D eigenvalue weighted by molar-refractivity contribution is 0.192. The third kappa shape index (κ3) is 2.54. The topological polar surface area (TPSA) is 74.2 Å². The van der Waals surface area contributed by atoms with Crippen LogP contribution in [0.2, 0.25) is 0 Å². The number of aromatic nitrogens is 2. The molecule has 2 unspecified atom stereocenters. The average molecular weight is 211 g/mol. The molecule has 2 heterocycles. The van der Waals surface area contributed by atoms with Crippen LogP contribution in [0.3, 0.4) is 0 Å². The lowest BCUT2D eigenvalue weighted by atomic mass is 10.1. The molecule has 0 amide bonds. The maximum absolute atomic E-state index is 5.54. The first kappa shape index (κ1) is 10.6. The molecule has 5 heteroatoms. The van der Waals surface area contributed by atoms with Crippen LogP contribution >= 0.6 is 0 Å². The van der Waals surface area contributed by atoms with Gasteiger partial charge in [0.15, 0.2) is 5.82 Å². The molecule has 0 saturated carbocycles. The molecular weight excluding hydrogens is 194 g/mol. The van der Waals surface area contributed by atoms with Crippen molar-refractivity contribution >= 4 is 0 Å². The Morgan fingerprint density at radius 2 is 2.47 bits per heavy atom. The Labute approximate surface area is 89.0 Å². The van der Waals surface area contributed by atoms with Crippen LogP contribution in [0, 0.1) is 5.92 Å². The molecule has 2 N–H and O–H groups in total. The van der Waals surface area contributed by atoms with E-state index in [9.17, 15) is 0 Å². The van der Waals surface area contributed by atoms with Crippen LogP contribution in [0.25, 0.3) is 0 Å². The standard InChI is InChI=1S/C10H17N3O2/c1-7(5-11)4-9-12-10(13-15-9)8-2-3-14-6-8/h7-8H,2-6,11H2,1H3. The maximum atomic E-state index is 5.54. The van der Waals surface area contributed by atoms with E-state index in [1.54, 1.807) is 0 Å². The maximum Gasteiger partial charge on any atom is 0.226 e. The van der Waals surface area contributed by atoms with Gasteiger partial charge < -0.3 is 15.0 Å². The van der Waals surface area contributed by atoms with Crippen molar-refractivity contribution < 1.29 is 9.26 Å². The van der Waals surface area contributed by atoms with Gasteiger partial charge in [-0.3, -0.25) is 0 Å². The van der Waals surface area contributed by atoms with Gasteiger partial charge in [-0.15, -0.1) is 0 Å². The van der Waals surface area contributed by atoms with Gasteiger partial charge in [0.05, 0.1) is 6.61 Å². The lowest BCUT2D eigenvalue weighted by Crippen LogP contribution is -2.13. The number of nitrogens with two attached hydrogens (primary N) is 1. The summed E-state index contributed by atoms with van der Waals surface area (Å²) in [6, 6.07) is 0. The normalized spacial score (nSPS) is 23.2. The zero-order valence-corrected chi connectivity index (χ0v) is 8.98. The monoisotopic (exact) mass is 211 g/mol. The van der Waals surface area contributed by atoms with Gasteiger partial charge in [0.25, 0.3) is 0 Å². The lowest BCUT2D eigenvalue weighted by Gasteiger charge is -2.02. The Morgan fingerprint density at radius 1 is 1.60 bits per heavy atom. The van der Waals surface area contributed by atoms with Crippen LogP contribution in [0.5, 0.6) is 0 Å². The minimum absolute atomic E-state index is 0.315. The molecular formula is C10H17N3O2. The largest absolute Gasteiger partial charge is 0.381 e. The van der Waals surface area contributed by atoms with Crippen molar-refractivity contribution in [2.24, 2.45) is 11.7 Å². The molecule has 2 atom stereocenters. The Kier molecular flexibility index (Phi) is 3.33. The molecule has 0 radical (unpaired) electrons. The van der Waals surface area contributed by atoms with Crippen LogP contribution in [-0.4, -0.2) is 29.9 Å². The summed E-state index contributed by atoms with van der Waals surface area (Å²) in [5, 5.41) is 3.98. The number of hydrogen-bond donors (Lipinski definition) is 1. The van der Waals surface area contributed by atoms with E-state index in [1.165, 1.54) is 0 Å². The van der Waals surface area contributed by atoms with Crippen LogP contribution in [0.15, 0.2) is 4.52 Å². The molecule has 84 valence electrons. The van der Waals surface area contributed by atoms with Crippen molar-refractivity contribution in [1.82, 2.24) is 10.1 Å². The number of ether oxygens (including phenoxy) is 1. The second-order valence-corrected chi connectivity index (χ2v) is 4.15. The molecule has 0 spiro atoms. The number of rotatable bonds is 4. The quantitative estimate of drug-likeness (QED) is 0.794. The summed E-state index contributed by atoms with van der Waals surface area (Å²) in [6.45, 7) is 4.23. The van der Waals surface area contributed by atoms with Crippen molar-refractivity contribution in [1.29, 1.82) is 0 Å². The first-order chi connectivity index (χ1) is 7.29. The Balaban J connectivity index is 1.97. The fraction of sp³-hybridized carbons (Fsp3) is 0.800. The summed E-state index contributed by atoms with van der Waals surface area (Å²) in [5.74, 6) is 2.18. The van der Waals surface area contributed by atoms with E-state index in [-0.39, 0.29) is 0 Å². The minimum atomic E-state index is 0.315. The smallest absolute Gasteiger partial charge is 0.226 e. The molecule has 1 aromatic rings. The van der Waals surface area contributed by atoms with E-state index in [2.05, 4.69) is 17.1 Å². The summed E-state index contributed by atoms with van der Waals surface area (Å²) >= 11 is 0. The molecule has 2 rings (SSSR count). The van der Waals surface area contributed by atoms with E-state index in [1.807, 2.05) is 0 Å². The highest BCUT2D eigenvalue weighted by atomic mass is 16.5. The molecule has 0 bridgehead atoms. The first-order valence-corrected chi connectivity index (χ1v) is 5.40. The van der Waals surface area contributed by atoms with Gasteiger partial charge in [-0.25, -0.2) is 0 Å². The van der Waals surface area contributed by atoms with Gasteiger partial charge in [-0.05, 0) is 18.9 Å². The number of nitrogens with zero attached hydrogens (tertiary/aromatic N) is 2. The van der Waals surface area contributed by atoms with Crippen molar-refractivity contribution in [3.05, 3.63) is 11.7 Å². The van der Waals surface area contributed by atoms with Gasteiger partial charge in [0.2, 0.25) is 5.89 Å². The van der Waals surface area contributed by atoms with E-state index >= 15 is 0 Å². The van der Waals surface area contributed by atoms with Gasteiger partial charge in [-0.2, -0.15) is 4.98 Å². The van der Waals surface area contributed by atoms with E-state index < -0.39 is 0 Å². The van der Waals surface area contributed by atoms with Crippen LogP contribution < -0.4 is 5.73 Å². The predicted octanol–water partition coefficient (Wildman–Crippen LogP) is 0.711. The highest BCUT2D eigenvalue weighted by Gasteiger charge is 2.23. The fourth-order valence-electron chi connectivity index (χ4n) is 1.64. The van der Waals surface area contributed by atoms with E-state index in [0.29, 0.717) is 30.9 Å². The van der Waals surface area contributed by atoms with E-state index in [4.69, 9.17) is 15.0 Å². The molecule has 5 nitrogen and oxygen atoms in total. The van der Waals surface area contributed by atoms with Gasteiger partial charge in [0, 0.05) is 18.9 Å². The third-order valence-electron chi connectivity index (χ3n) is 2.70. The van der Waals surface area contributed by atoms with Gasteiger partial charge in [0.1, 0.15) is 0 Å². The van der Waals surface area contributed by atoms with Gasteiger partial charge in [-0.1, -0.05) is 12.1 Å². The Bertz CT molecular complexity index is 307. The molecule has 1 aromatic heterocycles. The molecule has 0 aliphatic carbocycles. The summed E-state index contributed by atoms with van der Waals surface area (Å²) in [7, 11) is 0. The van der Waals surface area contributed by atoms with E-state index in [0.717, 1.165) is 25.3 Å². The number of hydrogen-bond acceptors (Lipinski definition) is 5. The average Bonchev–Trinajstić information content (AvgIpc) is 2.85. The van der Waals surface area contributed by atoms with Gasteiger partial charge >= 0.3 is 0 Å². The van der Waals surface area contributed by atoms with Crippen molar-refractivity contribution in [3.8, 4) is 0 Å². The highest BCUT2D eigenvalue weighted by Crippen LogP contribution is 2.22. The Hall–Kier alpha value is -0.940. The molecule has 1 aliphatic heterocycles. The van der Waals surface area contributed by atoms with Crippen molar-refractivity contribution in [2.45, 2.75) is 25.7 Å². The second-order valence-electron chi connectivity index (χ2n) is 4.15. The third-order valence-corrected chi connectivity index (χ3v) is 2.70. The fourth-order valence-corrected chi connectivity index (χ4v) is 1.64. The first-order valence-electron chi connectivity index (χ1n) is 5.40. The molecule has 1 aliphatic rings. The molecule has 1 saturated heterocycles. The SMILES string of the molecule is CC(CN)Cc1nc(C2CCOC2)no1. The molecule has 1 fully saturated rings. The summed E-state index contributed by atoms with van der Waals surface area (Å²) in [5.41, 5.74) is 5.54. The molecule has 0 aromatic carbocycles. The summed E-state index contributed by atoms with van der Waals surface area (Å²) in [6.07, 6.45) is 1.75. The van der Waals surface area contributed by atoms with Crippen LogP contribution in [-0.2, 0) is 11.2 Å². The summed E-state index contributed by atoms with van der Waals surface area (Å²) < 4.78 is 10.5. The zero-order chi connectivity index (χ0) is 10.7. The van der Waals surface area contributed by atoms with Crippen molar-refractivity contribution in [3.63, 3.8) is 0 Å². The zero-order valence-electron chi connectivity index (χ0n) is 8.98. The second kappa shape index (κ2) is 4.72. The predicted molar refractivity (Wildman–Crippen MR) is 54.4 cm³/mol. The van der Waals surface area contributed by atoms with Crippen molar-refractivity contribution in [2.75, 3.05) is 19.8 Å².